The van der Waals surface area contributed by atoms with Gasteiger partial charge in [0.1, 0.15) is 0 Å². The summed E-state index contributed by atoms with van der Waals surface area (Å²) in [6, 6.07) is 0.0214. The summed E-state index contributed by atoms with van der Waals surface area (Å²) in [6.45, 7) is 5.82. The van der Waals surface area contributed by atoms with Gasteiger partial charge >= 0.3 is 0 Å². The van der Waals surface area contributed by atoms with Crippen LogP contribution in [0.25, 0.3) is 0 Å². The Morgan fingerprint density at radius 3 is 2.29 bits per heavy atom. The molecule has 0 amide bonds. The van der Waals surface area contributed by atoms with Crippen molar-refractivity contribution in [1.82, 2.24) is 10.2 Å². The molecule has 0 radical (unpaired) electrons. The van der Waals surface area contributed by atoms with E-state index in [1.807, 2.05) is 6.92 Å². The van der Waals surface area contributed by atoms with E-state index in [9.17, 15) is 8.78 Å². The smallest absolute Gasteiger partial charge is 0.240 e. The average Bonchev–Trinajstić information content (AvgIpc) is 2.00. The van der Waals surface area contributed by atoms with E-state index in [-0.39, 0.29) is 12.5 Å². The van der Waals surface area contributed by atoms with Crippen molar-refractivity contribution in [2.45, 2.75) is 38.7 Å². The van der Waals surface area contributed by atoms with Crippen molar-refractivity contribution < 1.29 is 8.78 Å². The minimum atomic E-state index is -2.17. The number of nitrogens with zero attached hydrogens (tertiary/aromatic N) is 1. The Balaban J connectivity index is 2.31. The van der Waals surface area contributed by atoms with Gasteiger partial charge in [0.05, 0.1) is 0 Å². The van der Waals surface area contributed by atoms with Gasteiger partial charge in [-0.05, 0) is 45.9 Å². The Hall–Kier alpha value is -0.220. The minimum absolute atomic E-state index is 0.00737. The topological polar surface area (TPSA) is 15.3 Å². The van der Waals surface area contributed by atoms with Crippen LogP contribution in [0.3, 0.4) is 0 Å². The fraction of sp³-hybridized carbons (Fsp3) is 1.00. The van der Waals surface area contributed by atoms with Crippen LogP contribution in [-0.4, -0.2) is 43.5 Å². The molecule has 0 aliphatic carbocycles. The van der Waals surface area contributed by atoms with E-state index in [4.69, 9.17) is 0 Å². The maximum Gasteiger partial charge on any atom is 0.240 e. The molecule has 1 unspecified atom stereocenters. The fourth-order valence-corrected chi connectivity index (χ4v) is 1.90. The predicted molar refractivity (Wildman–Crippen MR) is 53.8 cm³/mol. The number of halogens is 2. The van der Waals surface area contributed by atoms with E-state index in [0.717, 1.165) is 39.0 Å². The van der Waals surface area contributed by atoms with Crippen LogP contribution in [0.5, 0.6) is 0 Å². The molecule has 1 rings (SSSR count). The first kappa shape index (κ1) is 11.9. The van der Waals surface area contributed by atoms with Crippen molar-refractivity contribution in [3.63, 3.8) is 0 Å². The zero-order chi connectivity index (χ0) is 10.4. The summed E-state index contributed by atoms with van der Waals surface area (Å²) in [5.74, 6) is 0. The zero-order valence-corrected chi connectivity index (χ0v) is 8.81. The maximum absolute atomic E-state index is 12.2. The molecule has 0 bridgehead atoms. The lowest BCUT2D eigenvalue weighted by molar-refractivity contribution is 0.0837. The molecule has 2 nitrogen and oxygen atoms in total. The summed E-state index contributed by atoms with van der Waals surface area (Å²) in [6.07, 6.45) is -0.0391. The highest BCUT2D eigenvalue weighted by atomic mass is 19.3. The lowest BCUT2D eigenvalue weighted by Gasteiger charge is -2.30. The van der Waals surface area contributed by atoms with Gasteiger partial charge < -0.3 is 10.2 Å². The standard InChI is InChI=1S/C10H20F2N2/c1-9(8-10(11)12)14-6-2-4-13-5-3-7-14/h9-10,13H,2-8H2,1H3. The number of nitrogens with one attached hydrogen (secondary N) is 1. The normalized spacial score (nSPS) is 23.1. The molecule has 1 atom stereocenters. The lowest BCUT2D eigenvalue weighted by atomic mass is 10.1. The third-order valence-corrected chi connectivity index (χ3v) is 2.74. The van der Waals surface area contributed by atoms with E-state index in [1.54, 1.807) is 0 Å². The van der Waals surface area contributed by atoms with Gasteiger partial charge in [-0.25, -0.2) is 8.78 Å². The molecular weight excluding hydrogens is 186 g/mol. The van der Waals surface area contributed by atoms with Gasteiger partial charge in [-0.2, -0.15) is 0 Å². The molecule has 0 aromatic rings. The molecule has 0 aromatic heterocycles. The highest BCUT2D eigenvalue weighted by Gasteiger charge is 2.18. The van der Waals surface area contributed by atoms with Crippen molar-refractivity contribution in [3.8, 4) is 0 Å². The summed E-state index contributed by atoms with van der Waals surface area (Å²) >= 11 is 0. The average molecular weight is 206 g/mol. The van der Waals surface area contributed by atoms with Gasteiger partial charge in [-0.3, -0.25) is 0 Å². The van der Waals surface area contributed by atoms with Gasteiger partial charge in [0.2, 0.25) is 6.43 Å². The van der Waals surface area contributed by atoms with E-state index in [1.165, 1.54) is 0 Å². The first-order valence-corrected chi connectivity index (χ1v) is 5.43. The van der Waals surface area contributed by atoms with Gasteiger partial charge in [-0.1, -0.05) is 0 Å². The number of alkyl halides is 2. The van der Waals surface area contributed by atoms with Gasteiger partial charge in [0.25, 0.3) is 0 Å². The second-order valence-electron chi connectivity index (χ2n) is 3.97. The predicted octanol–water partition coefficient (Wildman–Crippen LogP) is 1.72. The SMILES string of the molecule is CC(CC(F)F)N1CCCNCCC1. The summed E-state index contributed by atoms with van der Waals surface area (Å²) in [7, 11) is 0. The van der Waals surface area contributed by atoms with Crippen LogP contribution in [0.4, 0.5) is 8.78 Å². The van der Waals surface area contributed by atoms with Crippen LogP contribution in [-0.2, 0) is 0 Å². The van der Waals surface area contributed by atoms with E-state index in [0.29, 0.717) is 0 Å². The van der Waals surface area contributed by atoms with Gasteiger partial charge in [0.15, 0.2) is 0 Å². The molecule has 14 heavy (non-hydrogen) atoms. The van der Waals surface area contributed by atoms with Crippen molar-refractivity contribution in [2.24, 2.45) is 0 Å². The van der Waals surface area contributed by atoms with E-state index in [2.05, 4.69) is 10.2 Å². The summed E-state index contributed by atoms with van der Waals surface area (Å²) in [5, 5.41) is 3.31. The third-order valence-electron chi connectivity index (χ3n) is 2.74. The maximum atomic E-state index is 12.2. The quantitative estimate of drug-likeness (QED) is 0.756. The number of hydrogen-bond donors (Lipinski definition) is 1. The first-order chi connectivity index (χ1) is 6.70. The third kappa shape index (κ3) is 4.33. The monoisotopic (exact) mass is 206 g/mol. The first-order valence-electron chi connectivity index (χ1n) is 5.43. The molecule has 0 spiro atoms. The van der Waals surface area contributed by atoms with Crippen LogP contribution >= 0.6 is 0 Å². The molecule has 1 fully saturated rings. The van der Waals surface area contributed by atoms with E-state index < -0.39 is 6.43 Å². The van der Waals surface area contributed by atoms with Crippen LogP contribution < -0.4 is 5.32 Å². The van der Waals surface area contributed by atoms with Crippen molar-refractivity contribution >= 4 is 0 Å². The highest BCUT2D eigenvalue weighted by Crippen LogP contribution is 2.12. The molecule has 1 N–H and O–H groups in total. The molecule has 0 saturated carbocycles. The Kier molecular flexibility index (Phi) is 5.33. The number of hydrogen-bond acceptors (Lipinski definition) is 2. The Bertz CT molecular complexity index is 145. The zero-order valence-electron chi connectivity index (χ0n) is 8.81. The minimum Gasteiger partial charge on any atom is -0.317 e. The van der Waals surface area contributed by atoms with Crippen molar-refractivity contribution in [2.75, 3.05) is 26.2 Å². The summed E-state index contributed by atoms with van der Waals surface area (Å²) < 4.78 is 24.4. The number of rotatable bonds is 3. The van der Waals surface area contributed by atoms with Crippen molar-refractivity contribution in [1.29, 1.82) is 0 Å². The second-order valence-corrected chi connectivity index (χ2v) is 3.97. The summed E-state index contributed by atoms with van der Waals surface area (Å²) in [4.78, 5) is 2.19. The molecule has 0 aromatic carbocycles. The van der Waals surface area contributed by atoms with E-state index >= 15 is 0 Å². The van der Waals surface area contributed by atoms with Crippen LogP contribution in [0, 0.1) is 0 Å². The largest absolute Gasteiger partial charge is 0.317 e. The van der Waals surface area contributed by atoms with Crippen LogP contribution in [0.2, 0.25) is 0 Å². The molecule has 84 valence electrons. The highest BCUT2D eigenvalue weighted by molar-refractivity contribution is 4.71. The molecular formula is C10H20F2N2. The fourth-order valence-electron chi connectivity index (χ4n) is 1.90. The summed E-state index contributed by atoms with van der Waals surface area (Å²) in [5.41, 5.74) is 0. The second kappa shape index (κ2) is 6.30. The Morgan fingerprint density at radius 1 is 1.21 bits per heavy atom. The van der Waals surface area contributed by atoms with Crippen molar-refractivity contribution in [3.05, 3.63) is 0 Å². The molecule has 1 aliphatic heterocycles. The lowest BCUT2D eigenvalue weighted by Crippen LogP contribution is -2.40. The molecule has 1 aliphatic rings. The Labute approximate surface area is 84.7 Å². The molecule has 4 heteroatoms. The molecule has 1 heterocycles. The van der Waals surface area contributed by atoms with Gasteiger partial charge in [0, 0.05) is 12.5 Å². The Morgan fingerprint density at radius 2 is 1.79 bits per heavy atom. The van der Waals surface area contributed by atoms with Crippen LogP contribution in [0.15, 0.2) is 0 Å². The molecule has 1 saturated heterocycles. The van der Waals surface area contributed by atoms with Crippen LogP contribution in [0.1, 0.15) is 26.2 Å². The van der Waals surface area contributed by atoms with Gasteiger partial charge in [-0.15, -0.1) is 0 Å².